The van der Waals surface area contributed by atoms with Gasteiger partial charge in [0.15, 0.2) is 0 Å². The average Bonchev–Trinajstić information content (AvgIpc) is 2.91. The maximum Gasteiger partial charge on any atom is 0.0397 e. The van der Waals surface area contributed by atoms with Gasteiger partial charge in [-0.1, -0.05) is 0 Å². The Labute approximate surface area is 115 Å². The van der Waals surface area contributed by atoms with Crippen molar-refractivity contribution in [2.45, 2.75) is 12.8 Å². The molecule has 0 amide bonds. The van der Waals surface area contributed by atoms with Gasteiger partial charge in [0.05, 0.1) is 0 Å². The van der Waals surface area contributed by atoms with Crippen LogP contribution in [0.15, 0.2) is 24.5 Å². The maximum atomic E-state index is 4.07. The number of rotatable bonds is 1. The third kappa shape index (κ3) is 2.84. The number of aromatic nitrogens is 1. The molecule has 3 rings (SSSR count). The highest BCUT2D eigenvalue weighted by molar-refractivity contribution is 5.85. The molecule has 2 fully saturated rings. The first-order chi connectivity index (χ1) is 7.38. The van der Waals surface area contributed by atoms with Gasteiger partial charge in [0.25, 0.3) is 0 Å². The Bertz CT molecular complexity index is 339. The average molecular weight is 276 g/mol. The van der Waals surface area contributed by atoms with E-state index in [1.165, 1.54) is 44.7 Å². The van der Waals surface area contributed by atoms with E-state index in [0.717, 1.165) is 0 Å². The van der Waals surface area contributed by atoms with Gasteiger partial charge in [0, 0.05) is 43.1 Å². The third-order valence-corrected chi connectivity index (χ3v) is 3.80. The van der Waals surface area contributed by atoms with Crippen LogP contribution in [-0.4, -0.2) is 31.2 Å². The predicted molar refractivity (Wildman–Crippen MR) is 75.5 cm³/mol. The standard InChI is InChI=1S/C12H17N3.2ClH/c1-5-13-6-2-11(1)15-8-4-12(10-15)3-7-14-9-12;;/h1-2,5-6,14H,3-4,7-10H2;2*1H. The van der Waals surface area contributed by atoms with Crippen LogP contribution < -0.4 is 10.2 Å². The topological polar surface area (TPSA) is 28.2 Å². The van der Waals surface area contributed by atoms with Crippen molar-refractivity contribution in [3.05, 3.63) is 24.5 Å². The van der Waals surface area contributed by atoms with E-state index in [-0.39, 0.29) is 24.8 Å². The zero-order chi connectivity index (χ0) is 10.1. The van der Waals surface area contributed by atoms with E-state index in [1.807, 2.05) is 12.4 Å². The van der Waals surface area contributed by atoms with E-state index in [2.05, 4.69) is 27.3 Å². The summed E-state index contributed by atoms with van der Waals surface area (Å²) in [6.07, 6.45) is 6.44. The maximum absolute atomic E-state index is 4.07. The van der Waals surface area contributed by atoms with E-state index in [0.29, 0.717) is 5.41 Å². The Morgan fingerprint density at radius 2 is 1.94 bits per heavy atom. The predicted octanol–water partition coefficient (Wildman–Crippen LogP) is 2.11. The van der Waals surface area contributed by atoms with Gasteiger partial charge in [-0.05, 0) is 31.5 Å². The van der Waals surface area contributed by atoms with Crippen LogP contribution in [0.3, 0.4) is 0 Å². The third-order valence-electron chi connectivity index (χ3n) is 3.80. The van der Waals surface area contributed by atoms with Crippen molar-refractivity contribution in [3.63, 3.8) is 0 Å². The first-order valence-electron chi connectivity index (χ1n) is 5.74. The zero-order valence-corrected chi connectivity index (χ0v) is 11.4. The second-order valence-electron chi connectivity index (χ2n) is 4.80. The molecule has 1 aromatic rings. The molecule has 1 N–H and O–H groups in total. The number of nitrogens with zero attached hydrogens (tertiary/aromatic N) is 2. The highest BCUT2D eigenvalue weighted by Gasteiger charge is 2.40. The molecule has 17 heavy (non-hydrogen) atoms. The SMILES string of the molecule is Cl.Cl.c1cc(N2CCC3(CCNC3)C2)ccn1. The van der Waals surface area contributed by atoms with Crippen molar-refractivity contribution in [2.75, 3.05) is 31.1 Å². The fourth-order valence-corrected chi connectivity index (χ4v) is 2.85. The molecule has 2 aliphatic heterocycles. The molecule has 0 aromatic carbocycles. The molecule has 5 heteroatoms. The summed E-state index contributed by atoms with van der Waals surface area (Å²) in [4.78, 5) is 6.56. The fraction of sp³-hybridized carbons (Fsp3) is 0.583. The largest absolute Gasteiger partial charge is 0.371 e. The van der Waals surface area contributed by atoms with E-state index in [1.54, 1.807) is 0 Å². The quantitative estimate of drug-likeness (QED) is 0.851. The number of halogens is 2. The van der Waals surface area contributed by atoms with Gasteiger partial charge in [0.1, 0.15) is 0 Å². The molecule has 96 valence electrons. The van der Waals surface area contributed by atoms with Crippen molar-refractivity contribution in [1.82, 2.24) is 10.3 Å². The minimum Gasteiger partial charge on any atom is -0.371 e. The molecule has 0 bridgehead atoms. The molecule has 0 aliphatic carbocycles. The van der Waals surface area contributed by atoms with Gasteiger partial charge in [-0.2, -0.15) is 0 Å². The number of hydrogen-bond acceptors (Lipinski definition) is 3. The number of hydrogen-bond donors (Lipinski definition) is 1. The van der Waals surface area contributed by atoms with Crippen LogP contribution in [0.4, 0.5) is 5.69 Å². The summed E-state index contributed by atoms with van der Waals surface area (Å²) in [5.41, 5.74) is 1.89. The van der Waals surface area contributed by atoms with Crippen LogP contribution in [0.2, 0.25) is 0 Å². The van der Waals surface area contributed by atoms with Crippen LogP contribution >= 0.6 is 24.8 Å². The van der Waals surface area contributed by atoms with Crippen molar-refractivity contribution in [3.8, 4) is 0 Å². The minimum absolute atomic E-state index is 0. The molecule has 2 aliphatic rings. The Morgan fingerprint density at radius 1 is 1.18 bits per heavy atom. The van der Waals surface area contributed by atoms with Gasteiger partial charge in [-0.3, -0.25) is 4.98 Å². The Kier molecular flexibility index (Phi) is 5.04. The first kappa shape index (κ1) is 14.6. The molecule has 3 heterocycles. The second kappa shape index (κ2) is 5.89. The molecule has 3 nitrogen and oxygen atoms in total. The molecule has 2 saturated heterocycles. The van der Waals surface area contributed by atoms with Gasteiger partial charge >= 0.3 is 0 Å². The van der Waals surface area contributed by atoms with Crippen LogP contribution in [0.25, 0.3) is 0 Å². The van der Waals surface area contributed by atoms with Gasteiger partial charge in [-0.15, -0.1) is 24.8 Å². The first-order valence-corrected chi connectivity index (χ1v) is 5.74. The Morgan fingerprint density at radius 3 is 2.59 bits per heavy atom. The zero-order valence-electron chi connectivity index (χ0n) is 9.76. The summed E-state index contributed by atoms with van der Waals surface area (Å²) in [7, 11) is 0. The molecular formula is C12H19Cl2N3. The molecule has 1 aromatic heterocycles. The highest BCUT2D eigenvalue weighted by Crippen LogP contribution is 2.37. The lowest BCUT2D eigenvalue weighted by atomic mass is 9.86. The van der Waals surface area contributed by atoms with Gasteiger partial charge in [-0.25, -0.2) is 0 Å². The van der Waals surface area contributed by atoms with E-state index in [9.17, 15) is 0 Å². The summed E-state index contributed by atoms with van der Waals surface area (Å²) in [5.74, 6) is 0. The lowest BCUT2D eigenvalue weighted by Gasteiger charge is -2.23. The Hall–Kier alpha value is -0.510. The van der Waals surface area contributed by atoms with E-state index < -0.39 is 0 Å². The van der Waals surface area contributed by atoms with Crippen LogP contribution in [0.1, 0.15) is 12.8 Å². The number of pyridine rings is 1. The van der Waals surface area contributed by atoms with Gasteiger partial charge < -0.3 is 10.2 Å². The van der Waals surface area contributed by atoms with Crippen LogP contribution in [0.5, 0.6) is 0 Å². The summed E-state index contributed by atoms with van der Waals surface area (Å²) < 4.78 is 0. The molecule has 1 atom stereocenters. The summed E-state index contributed by atoms with van der Waals surface area (Å²) in [6.45, 7) is 4.81. The van der Waals surface area contributed by atoms with Crippen LogP contribution in [0, 0.1) is 5.41 Å². The lowest BCUT2D eigenvalue weighted by Crippen LogP contribution is -2.29. The molecule has 0 radical (unpaired) electrons. The van der Waals surface area contributed by atoms with E-state index >= 15 is 0 Å². The van der Waals surface area contributed by atoms with Crippen LogP contribution in [-0.2, 0) is 0 Å². The summed E-state index contributed by atoms with van der Waals surface area (Å²) in [5, 5.41) is 3.49. The molecule has 1 spiro atoms. The van der Waals surface area contributed by atoms with E-state index in [4.69, 9.17) is 0 Å². The normalized spacial score (nSPS) is 26.7. The second-order valence-corrected chi connectivity index (χ2v) is 4.80. The minimum atomic E-state index is 0. The number of anilines is 1. The van der Waals surface area contributed by atoms with Crippen molar-refractivity contribution in [1.29, 1.82) is 0 Å². The lowest BCUT2D eigenvalue weighted by molar-refractivity contribution is 0.369. The number of nitrogens with one attached hydrogen (secondary N) is 1. The van der Waals surface area contributed by atoms with Crippen molar-refractivity contribution < 1.29 is 0 Å². The smallest absolute Gasteiger partial charge is 0.0397 e. The van der Waals surface area contributed by atoms with Gasteiger partial charge in [0.2, 0.25) is 0 Å². The van der Waals surface area contributed by atoms with Crippen molar-refractivity contribution >= 4 is 30.5 Å². The molecular weight excluding hydrogens is 257 g/mol. The van der Waals surface area contributed by atoms with Crippen molar-refractivity contribution in [2.24, 2.45) is 5.41 Å². The monoisotopic (exact) mass is 275 g/mol. The fourth-order valence-electron chi connectivity index (χ4n) is 2.85. The highest BCUT2D eigenvalue weighted by atomic mass is 35.5. The summed E-state index contributed by atoms with van der Waals surface area (Å²) in [6, 6.07) is 4.22. The summed E-state index contributed by atoms with van der Waals surface area (Å²) >= 11 is 0. The Balaban J connectivity index is 0.000000722. The molecule has 1 unspecified atom stereocenters. The molecule has 0 saturated carbocycles.